The summed E-state index contributed by atoms with van der Waals surface area (Å²) in [4.78, 5) is 36.3. The predicted molar refractivity (Wildman–Crippen MR) is 131 cm³/mol. The van der Waals surface area contributed by atoms with Crippen LogP contribution in [-0.4, -0.2) is 69.6 Å². The Kier molecular flexibility index (Phi) is 8.61. The number of carbonyl (C=O) groups is 2. The first-order chi connectivity index (χ1) is 17.5. The maximum absolute atomic E-state index is 12.7. The lowest BCUT2D eigenvalue weighted by Crippen LogP contribution is -2.42. The molecule has 1 saturated carbocycles. The zero-order chi connectivity index (χ0) is 25.5. The van der Waals surface area contributed by atoms with Crippen LogP contribution in [0.4, 0.5) is 5.82 Å². The molecule has 0 radical (unpaired) electrons. The minimum absolute atomic E-state index is 0.0856. The minimum atomic E-state index is -0.510. The number of hydrogen-bond acceptors (Lipinski definition) is 10. The highest BCUT2D eigenvalue weighted by atomic mass is 16.7. The summed E-state index contributed by atoms with van der Waals surface area (Å²) in [6.45, 7) is 4.28. The third-order valence-corrected chi connectivity index (χ3v) is 6.59. The van der Waals surface area contributed by atoms with Crippen molar-refractivity contribution in [3.63, 3.8) is 0 Å². The molecule has 194 valence electrons. The number of nitrogens with zero attached hydrogens (tertiary/aromatic N) is 2. The molecule has 0 spiro atoms. The van der Waals surface area contributed by atoms with Gasteiger partial charge >= 0.3 is 11.9 Å². The van der Waals surface area contributed by atoms with Gasteiger partial charge in [0.15, 0.2) is 11.5 Å². The maximum atomic E-state index is 12.7. The van der Waals surface area contributed by atoms with Crippen molar-refractivity contribution in [2.75, 3.05) is 45.4 Å². The largest absolute Gasteiger partial charge is 0.493 e. The van der Waals surface area contributed by atoms with Gasteiger partial charge in [-0.15, -0.1) is 5.48 Å². The molecule has 4 rings (SSSR count). The van der Waals surface area contributed by atoms with Crippen LogP contribution in [0.2, 0.25) is 0 Å². The van der Waals surface area contributed by atoms with Crippen molar-refractivity contribution in [2.45, 2.75) is 44.2 Å². The Morgan fingerprint density at radius 3 is 2.50 bits per heavy atom. The minimum Gasteiger partial charge on any atom is -0.493 e. The number of morpholine rings is 1. The first kappa shape index (κ1) is 25.7. The number of hydrogen-bond donors (Lipinski definition) is 1. The van der Waals surface area contributed by atoms with E-state index in [1.807, 2.05) is 24.3 Å². The Morgan fingerprint density at radius 2 is 1.83 bits per heavy atom. The van der Waals surface area contributed by atoms with Crippen molar-refractivity contribution in [1.82, 2.24) is 10.5 Å². The van der Waals surface area contributed by atoms with Gasteiger partial charge in [-0.3, -0.25) is 4.79 Å². The molecule has 2 heterocycles. The number of ether oxygens (including phenoxy) is 4. The summed E-state index contributed by atoms with van der Waals surface area (Å²) in [6.07, 6.45) is 3.21. The molecule has 1 aromatic carbocycles. The zero-order valence-corrected chi connectivity index (χ0v) is 20.9. The van der Waals surface area contributed by atoms with Gasteiger partial charge in [-0.25, -0.2) is 9.78 Å². The molecule has 3 unspecified atom stereocenters. The molecule has 1 aliphatic carbocycles. The van der Waals surface area contributed by atoms with Crippen LogP contribution in [0, 0.1) is 0 Å². The number of methoxy groups -OCH3 is 2. The van der Waals surface area contributed by atoms with E-state index in [9.17, 15) is 9.59 Å². The van der Waals surface area contributed by atoms with Crippen LogP contribution >= 0.6 is 0 Å². The molecule has 1 aliphatic heterocycles. The lowest BCUT2D eigenvalue weighted by Gasteiger charge is -2.36. The maximum Gasteiger partial charge on any atom is 0.358 e. The van der Waals surface area contributed by atoms with E-state index in [1.54, 1.807) is 20.3 Å². The molecule has 1 N–H and O–H groups in total. The normalized spacial score (nSPS) is 22.0. The Labute approximate surface area is 210 Å². The number of esters is 1. The fraction of sp³-hybridized carbons (Fsp3) is 0.500. The first-order valence-electron chi connectivity index (χ1n) is 12.1. The molecule has 10 heteroatoms. The van der Waals surface area contributed by atoms with Gasteiger partial charge in [-0.2, -0.15) is 0 Å². The van der Waals surface area contributed by atoms with E-state index in [1.165, 1.54) is 13.1 Å². The SMILES string of the molecule is COc1ccc(C2CC(OC(C)=O)CCC2NOC(=O)c2ccc(N3CCOCC3)nc2)cc1OC. The average molecular weight is 500 g/mol. The summed E-state index contributed by atoms with van der Waals surface area (Å²) in [6, 6.07) is 9.05. The van der Waals surface area contributed by atoms with E-state index < -0.39 is 5.97 Å². The molecule has 3 atom stereocenters. The topological polar surface area (TPSA) is 108 Å². The van der Waals surface area contributed by atoms with Crippen LogP contribution in [-0.2, 0) is 19.1 Å². The van der Waals surface area contributed by atoms with E-state index >= 15 is 0 Å². The third-order valence-electron chi connectivity index (χ3n) is 6.59. The molecule has 0 bridgehead atoms. The lowest BCUT2D eigenvalue weighted by atomic mass is 9.79. The third kappa shape index (κ3) is 6.24. The molecule has 1 aromatic heterocycles. The predicted octanol–water partition coefficient (Wildman–Crippen LogP) is 2.86. The number of anilines is 1. The molecule has 0 amide bonds. The van der Waals surface area contributed by atoms with Crippen molar-refractivity contribution >= 4 is 17.8 Å². The van der Waals surface area contributed by atoms with Crippen molar-refractivity contribution in [3.8, 4) is 11.5 Å². The summed E-state index contributed by atoms with van der Waals surface area (Å²) in [5.41, 5.74) is 4.29. The van der Waals surface area contributed by atoms with Gasteiger partial charge in [0.25, 0.3) is 0 Å². The standard InChI is InChI=1S/C26H33N3O7/c1-17(30)35-20-6-7-22(21(15-20)18-4-8-23(32-2)24(14-18)33-3)28-36-26(31)19-5-9-25(27-16-19)29-10-12-34-13-11-29/h4-5,8-9,14,16,20-22,28H,6-7,10-13,15H2,1-3H3. The summed E-state index contributed by atoms with van der Waals surface area (Å²) < 4.78 is 21.7. The van der Waals surface area contributed by atoms with Crippen LogP contribution in [0.15, 0.2) is 36.5 Å². The highest BCUT2D eigenvalue weighted by molar-refractivity contribution is 5.89. The molecular weight excluding hydrogens is 466 g/mol. The van der Waals surface area contributed by atoms with Crippen LogP contribution in [0.5, 0.6) is 11.5 Å². The summed E-state index contributed by atoms with van der Waals surface area (Å²) in [5.74, 6) is 1.13. The van der Waals surface area contributed by atoms with Crippen molar-refractivity contribution in [1.29, 1.82) is 0 Å². The summed E-state index contributed by atoms with van der Waals surface area (Å²) in [5, 5.41) is 0. The number of aromatic nitrogens is 1. The molecule has 2 aromatic rings. The number of rotatable bonds is 8. The van der Waals surface area contributed by atoms with Gasteiger partial charge in [0.05, 0.1) is 39.0 Å². The average Bonchev–Trinajstić information content (AvgIpc) is 2.92. The smallest absolute Gasteiger partial charge is 0.358 e. The quantitative estimate of drug-likeness (QED) is 0.430. The van der Waals surface area contributed by atoms with Crippen LogP contribution in [0.1, 0.15) is 48.0 Å². The van der Waals surface area contributed by atoms with Gasteiger partial charge in [0, 0.05) is 32.1 Å². The lowest BCUT2D eigenvalue weighted by molar-refractivity contribution is -0.148. The van der Waals surface area contributed by atoms with E-state index in [0.29, 0.717) is 49.5 Å². The Hall–Kier alpha value is -3.37. The second-order valence-electron chi connectivity index (χ2n) is 8.88. The van der Waals surface area contributed by atoms with Gasteiger partial charge < -0.3 is 28.7 Å². The Morgan fingerprint density at radius 1 is 1.06 bits per heavy atom. The number of carbonyl (C=O) groups excluding carboxylic acids is 2. The van der Waals surface area contributed by atoms with Gasteiger partial charge in [-0.05, 0) is 49.1 Å². The highest BCUT2D eigenvalue weighted by Gasteiger charge is 2.34. The molecule has 1 saturated heterocycles. The van der Waals surface area contributed by atoms with Crippen LogP contribution in [0.3, 0.4) is 0 Å². The highest BCUT2D eigenvalue weighted by Crippen LogP contribution is 2.38. The van der Waals surface area contributed by atoms with Crippen molar-refractivity contribution in [2.24, 2.45) is 0 Å². The fourth-order valence-electron chi connectivity index (χ4n) is 4.74. The fourth-order valence-corrected chi connectivity index (χ4v) is 4.74. The molecule has 2 fully saturated rings. The Balaban J connectivity index is 1.44. The van der Waals surface area contributed by atoms with Crippen LogP contribution < -0.4 is 19.9 Å². The van der Waals surface area contributed by atoms with Gasteiger partial charge in [-0.1, -0.05) is 6.07 Å². The second-order valence-corrected chi connectivity index (χ2v) is 8.88. The van der Waals surface area contributed by atoms with Crippen molar-refractivity contribution < 1.29 is 33.4 Å². The summed E-state index contributed by atoms with van der Waals surface area (Å²) >= 11 is 0. The summed E-state index contributed by atoms with van der Waals surface area (Å²) in [7, 11) is 3.17. The first-order valence-corrected chi connectivity index (χ1v) is 12.1. The second kappa shape index (κ2) is 12.0. The van der Waals surface area contributed by atoms with Crippen molar-refractivity contribution in [3.05, 3.63) is 47.7 Å². The van der Waals surface area contributed by atoms with Gasteiger partial charge in [0.2, 0.25) is 0 Å². The Bertz CT molecular complexity index is 1040. The molecule has 2 aliphatic rings. The number of nitrogens with one attached hydrogen (secondary N) is 1. The van der Waals surface area contributed by atoms with Crippen LogP contribution in [0.25, 0.3) is 0 Å². The van der Waals surface area contributed by atoms with Gasteiger partial charge in [0.1, 0.15) is 11.9 Å². The number of pyridine rings is 1. The molecule has 10 nitrogen and oxygen atoms in total. The van der Waals surface area contributed by atoms with E-state index in [0.717, 1.165) is 24.5 Å². The molecular formula is C26H33N3O7. The number of benzene rings is 1. The van der Waals surface area contributed by atoms with E-state index in [4.69, 9.17) is 23.8 Å². The van der Waals surface area contributed by atoms with E-state index in [2.05, 4.69) is 15.4 Å². The molecule has 36 heavy (non-hydrogen) atoms. The number of hydroxylamine groups is 1. The zero-order valence-electron chi connectivity index (χ0n) is 20.9. The van der Waals surface area contributed by atoms with E-state index in [-0.39, 0.29) is 24.0 Å². The monoisotopic (exact) mass is 499 g/mol.